The molecule has 0 radical (unpaired) electrons. The van der Waals surface area contributed by atoms with Gasteiger partial charge in [0.25, 0.3) is 0 Å². The van der Waals surface area contributed by atoms with Crippen molar-refractivity contribution in [3.05, 3.63) is 58.4 Å². The maximum Gasteiger partial charge on any atom is 0.410 e. The molecule has 0 N–H and O–H groups in total. The van der Waals surface area contributed by atoms with E-state index in [0.717, 1.165) is 54.3 Å². The molecule has 0 aliphatic carbocycles. The summed E-state index contributed by atoms with van der Waals surface area (Å²) in [5.74, 6) is -0.227. The van der Waals surface area contributed by atoms with E-state index in [1.807, 2.05) is 25.7 Å². The molecular weight excluding hydrogens is 371 g/mol. The topological polar surface area (TPSA) is 58.6 Å². The Bertz CT molecular complexity index is 902. The fourth-order valence-electron chi connectivity index (χ4n) is 4.19. The van der Waals surface area contributed by atoms with Crippen LogP contribution in [-0.2, 0) is 17.7 Å². The molecule has 0 saturated carbocycles. The number of benzene rings is 1. The normalized spacial score (nSPS) is 21.5. The molecule has 0 unspecified atom stereocenters. The lowest BCUT2D eigenvalue weighted by Crippen LogP contribution is -2.38. The van der Waals surface area contributed by atoms with E-state index in [9.17, 15) is 9.18 Å². The fourth-order valence-corrected chi connectivity index (χ4v) is 4.19. The highest BCUT2D eigenvalue weighted by Crippen LogP contribution is 2.28. The number of fused-ring (bicyclic) bond motifs is 1. The Hall–Kier alpha value is -2.54. The van der Waals surface area contributed by atoms with Crippen molar-refractivity contribution in [1.82, 2.24) is 19.8 Å². The number of aryl methyl sites for hydroxylation is 4. The van der Waals surface area contributed by atoms with Crippen LogP contribution >= 0.6 is 0 Å². The van der Waals surface area contributed by atoms with E-state index in [2.05, 4.69) is 9.88 Å². The number of rotatable bonds is 6. The number of halogens is 1. The maximum atomic E-state index is 13.0. The van der Waals surface area contributed by atoms with Gasteiger partial charge in [-0.3, -0.25) is 14.9 Å². The number of ether oxygens (including phenoxy) is 1. The molecule has 3 heterocycles. The third-order valence-corrected chi connectivity index (χ3v) is 5.93. The minimum atomic E-state index is -0.227. The van der Waals surface area contributed by atoms with Crippen LogP contribution in [0.3, 0.4) is 0 Å². The van der Waals surface area contributed by atoms with Crippen LogP contribution in [0.5, 0.6) is 0 Å². The highest BCUT2D eigenvalue weighted by atomic mass is 19.1. The molecule has 4 rings (SSSR count). The first kappa shape index (κ1) is 19.8. The molecule has 154 valence electrons. The molecule has 2 aliphatic rings. The van der Waals surface area contributed by atoms with Gasteiger partial charge in [-0.05, 0) is 51.3 Å². The van der Waals surface area contributed by atoms with E-state index in [1.165, 1.54) is 12.1 Å². The van der Waals surface area contributed by atoms with Crippen LogP contribution in [0.15, 0.2) is 24.3 Å². The summed E-state index contributed by atoms with van der Waals surface area (Å²) >= 11 is 0. The molecule has 1 aromatic heterocycles. The smallest absolute Gasteiger partial charge is 0.410 e. The van der Waals surface area contributed by atoms with E-state index in [1.54, 1.807) is 12.1 Å². The first-order valence-corrected chi connectivity index (χ1v) is 10.2. The van der Waals surface area contributed by atoms with Crippen molar-refractivity contribution in [1.29, 1.82) is 0 Å². The van der Waals surface area contributed by atoms with Crippen LogP contribution in [0.1, 0.15) is 34.8 Å². The van der Waals surface area contributed by atoms with Gasteiger partial charge in [0.05, 0.1) is 28.8 Å². The molecule has 2 aromatic rings. The monoisotopic (exact) mass is 398 g/mol. The maximum absolute atomic E-state index is 13.0. The van der Waals surface area contributed by atoms with Crippen molar-refractivity contribution in [3.8, 4) is 0 Å². The predicted octanol–water partition coefficient (Wildman–Crippen LogP) is 3.18. The van der Waals surface area contributed by atoms with Crippen LogP contribution in [0.25, 0.3) is 0 Å². The molecule has 1 amide bonds. The van der Waals surface area contributed by atoms with Gasteiger partial charge in [-0.15, -0.1) is 0 Å². The SMILES string of the molecule is Cc1nc(C)c(CN2C[C@H]3OC(=O)N(CCCc4ccc(F)cc4)[C@H]3C2)nc1C. The van der Waals surface area contributed by atoms with E-state index in [4.69, 9.17) is 9.72 Å². The number of nitrogens with zero attached hydrogens (tertiary/aromatic N) is 4. The van der Waals surface area contributed by atoms with Crippen molar-refractivity contribution in [2.45, 2.75) is 52.3 Å². The third kappa shape index (κ3) is 4.24. The van der Waals surface area contributed by atoms with Gasteiger partial charge in [0, 0.05) is 26.2 Å². The molecule has 0 bridgehead atoms. The zero-order valence-electron chi connectivity index (χ0n) is 17.2. The van der Waals surface area contributed by atoms with Crippen molar-refractivity contribution in [2.24, 2.45) is 0 Å². The molecule has 0 spiro atoms. The van der Waals surface area contributed by atoms with Crippen molar-refractivity contribution < 1.29 is 13.9 Å². The van der Waals surface area contributed by atoms with Crippen LogP contribution in [0.4, 0.5) is 9.18 Å². The average Bonchev–Trinajstić information content (AvgIpc) is 3.18. The quantitative estimate of drug-likeness (QED) is 0.748. The van der Waals surface area contributed by atoms with E-state index in [0.29, 0.717) is 13.1 Å². The van der Waals surface area contributed by atoms with Gasteiger partial charge in [0.1, 0.15) is 11.9 Å². The van der Waals surface area contributed by atoms with Crippen LogP contribution in [0, 0.1) is 26.6 Å². The predicted molar refractivity (Wildman–Crippen MR) is 107 cm³/mol. The zero-order chi connectivity index (χ0) is 20.5. The van der Waals surface area contributed by atoms with Crippen molar-refractivity contribution >= 4 is 6.09 Å². The summed E-state index contributed by atoms with van der Waals surface area (Å²) in [6.45, 7) is 8.81. The van der Waals surface area contributed by atoms with Crippen molar-refractivity contribution in [2.75, 3.05) is 19.6 Å². The fraction of sp³-hybridized carbons (Fsp3) is 0.500. The number of aromatic nitrogens is 2. The van der Waals surface area contributed by atoms with E-state index >= 15 is 0 Å². The number of carbonyl (C=O) groups excluding carboxylic acids is 1. The summed E-state index contributed by atoms with van der Waals surface area (Å²) < 4.78 is 18.6. The Kier molecular flexibility index (Phi) is 5.50. The summed E-state index contributed by atoms with van der Waals surface area (Å²) in [6, 6.07) is 6.62. The highest BCUT2D eigenvalue weighted by Gasteiger charge is 2.47. The van der Waals surface area contributed by atoms with Crippen LogP contribution in [0.2, 0.25) is 0 Å². The lowest BCUT2D eigenvalue weighted by molar-refractivity contribution is 0.119. The standard InChI is InChI=1S/C22H27FN4O2/c1-14-15(2)25-19(16(3)24-14)11-26-12-20-21(13-26)29-22(28)27(20)10-4-5-17-6-8-18(23)9-7-17/h6-9,20-21H,4-5,10-13H2,1-3H3/t20-,21+/m0/s1. The van der Waals surface area contributed by atoms with Gasteiger partial charge in [-0.25, -0.2) is 9.18 Å². The van der Waals surface area contributed by atoms with Gasteiger partial charge >= 0.3 is 6.09 Å². The Morgan fingerprint density at radius 2 is 1.79 bits per heavy atom. The van der Waals surface area contributed by atoms with Crippen LogP contribution in [-0.4, -0.2) is 57.6 Å². The van der Waals surface area contributed by atoms with Gasteiger partial charge in [-0.1, -0.05) is 12.1 Å². The molecule has 29 heavy (non-hydrogen) atoms. The minimum absolute atomic E-state index is 0.0792. The molecule has 2 aliphatic heterocycles. The number of hydrogen-bond donors (Lipinski definition) is 0. The second-order valence-electron chi connectivity index (χ2n) is 8.03. The summed E-state index contributed by atoms with van der Waals surface area (Å²) in [7, 11) is 0. The molecule has 7 heteroatoms. The first-order chi connectivity index (χ1) is 13.9. The Labute approximate surface area is 170 Å². The lowest BCUT2D eigenvalue weighted by Gasteiger charge is -2.22. The van der Waals surface area contributed by atoms with Gasteiger partial charge < -0.3 is 9.64 Å². The van der Waals surface area contributed by atoms with Gasteiger partial charge in [-0.2, -0.15) is 0 Å². The van der Waals surface area contributed by atoms with Gasteiger partial charge in [0.15, 0.2) is 0 Å². The van der Waals surface area contributed by atoms with E-state index < -0.39 is 0 Å². The summed E-state index contributed by atoms with van der Waals surface area (Å²) in [5, 5.41) is 0. The van der Waals surface area contributed by atoms with E-state index in [-0.39, 0.29) is 24.1 Å². The molecule has 2 atom stereocenters. The first-order valence-electron chi connectivity index (χ1n) is 10.2. The van der Waals surface area contributed by atoms with Crippen molar-refractivity contribution in [3.63, 3.8) is 0 Å². The molecule has 2 saturated heterocycles. The minimum Gasteiger partial charge on any atom is -0.442 e. The van der Waals surface area contributed by atoms with Crippen LogP contribution < -0.4 is 0 Å². The Balaban J connectivity index is 1.34. The molecule has 6 nitrogen and oxygen atoms in total. The number of carbonyl (C=O) groups is 1. The van der Waals surface area contributed by atoms with Gasteiger partial charge in [0.2, 0.25) is 0 Å². The Morgan fingerprint density at radius 3 is 2.55 bits per heavy atom. The Morgan fingerprint density at radius 1 is 1.07 bits per heavy atom. The number of likely N-dealkylation sites (tertiary alicyclic amines) is 1. The summed E-state index contributed by atoms with van der Waals surface area (Å²) in [6.07, 6.45) is 1.32. The lowest BCUT2D eigenvalue weighted by atomic mass is 10.1. The second-order valence-corrected chi connectivity index (χ2v) is 8.03. The molecule has 2 fully saturated rings. The highest BCUT2D eigenvalue weighted by molar-refractivity contribution is 5.71. The molecular formula is C22H27FN4O2. The largest absolute Gasteiger partial charge is 0.442 e. The summed E-state index contributed by atoms with van der Waals surface area (Å²) in [4.78, 5) is 25.7. The molecule has 1 aromatic carbocycles. The summed E-state index contributed by atoms with van der Waals surface area (Å²) in [5.41, 5.74) is 4.94. The second kappa shape index (κ2) is 8.06. The number of amides is 1. The zero-order valence-corrected chi connectivity index (χ0v) is 17.2. The third-order valence-electron chi connectivity index (χ3n) is 5.93. The number of hydrogen-bond acceptors (Lipinski definition) is 5. The average molecular weight is 398 g/mol.